The van der Waals surface area contributed by atoms with Crippen LogP contribution >= 0.6 is 0 Å². The summed E-state index contributed by atoms with van der Waals surface area (Å²) in [6, 6.07) is 16.6. The Morgan fingerprint density at radius 1 is 1.04 bits per heavy atom. The topological polar surface area (TPSA) is 104 Å². The van der Waals surface area contributed by atoms with Crippen molar-refractivity contribution in [3.05, 3.63) is 66.2 Å². The average molecular weight is 342 g/mol. The molecule has 0 spiro atoms. The summed E-state index contributed by atoms with van der Waals surface area (Å²) in [5, 5.41) is 13.3. The smallest absolute Gasteiger partial charge is 0.295 e. The molecule has 0 aliphatic carbocycles. The molecule has 3 aromatic carbocycles. The standard InChI is InChI=1S/C17H12NO5S/c19-16-10-14(24(21,22)23)8-12-6-7-13(9-15(12)16)18-17(20)11-4-2-1-3-5-11/h1-9,19H,(H,18,20)(H,21,22,23). The SMILES string of the molecule is O=C(Nc1ccc2cc(S(=O)(=O)O)[c]c(O)c2c1)c1ccccc1. The summed E-state index contributed by atoms with van der Waals surface area (Å²) in [6.45, 7) is 0. The van der Waals surface area contributed by atoms with E-state index in [1.807, 2.05) is 0 Å². The Labute approximate surface area is 138 Å². The number of anilines is 1. The first-order valence-electron chi connectivity index (χ1n) is 6.87. The second-order valence-corrected chi connectivity index (χ2v) is 6.47. The number of benzene rings is 3. The third kappa shape index (κ3) is 3.22. The fourth-order valence-corrected chi connectivity index (χ4v) is 2.76. The van der Waals surface area contributed by atoms with Gasteiger partial charge in [0.1, 0.15) is 10.6 Å². The number of carbonyl (C=O) groups excluding carboxylic acids is 1. The fourth-order valence-electron chi connectivity index (χ4n) is 2.26. The predicted octanol–water partition coefficient (Wildman–Crippen LogP) is 2.84. The maximum Gasteiger partial charge on any atom is 0.295 e. The van der Waals surface area contributed by atoms with Gasteiger partial charge in [0.25, 0.3) is 16.0 Å². The normalized spacial score (nSPS) is 11.4. The van der Waals surface area contributed by atoms with Crippen molar-refractivity contribution >= 4 is 32.5 Å². The zero-order valence-electron chi connectivity index (χ0n) is 12.2. The molecule has 6 nitrogen and oxygen atoms in total. The lowest BCUT2D eigenvalue weighted by Crippen LogP contribution is -2.11. The van der Waals surface area contributed by atoms with Crippen LogP contribution in [0.5, 0.6) is 5.75 Å². The molecule has 0 saturated carbocycles. The Balaban J connectivity index is 1.97. The van der Waals surface area contributed by atoms with E-state index in [0.717, 1.165) is 0 Å². The molecule has 1 amide bonds. The lowest BCUT2D eigenvalue weighted by Gasteiger charge is -2.08. The highest BCUT2D eigenvalue weighted by molar-refractivity contribution is 7.85. The second kappa shape index (κ2) is 5.95. The Morgan fingerprint density at radius 3 is 2.42 bits per heavy atom. The quantitative estimate of drug-likeness (QED) is 0.635. The molecular formula is C17H12NO5S. The number of amides is 1. The van der Waals surface area contributed by atoms with Gasteiger partial charge < -0.3 is 10.4 Å². The monoisotopic (exact) mass is 342 g/mol. The van der Waals surface area contributed by atoms with Gasteiger partial charge in [-0.15, -0.1) is 0 Å². The molecule has 24 heavy (non-hydrogen) atoms. The molecule has 0 heterocycles. The van der Waals surface area contributed by atoms with Crippen molar-refractivity contribution in [2.45, 2.75) is 4.90 Å². The van der Waals surface area contributed by atoms with Crippen LogP contribution in [0.2, 0.25) is 0 Å². The van der Waals surface area contributed by atoms with Gasteiger partial charge in [-0.25, -0.2) is 0 Å². The maximum atomic E-state index is 12.1. The number of rotatable bonds is 3. The van der Waals surface area contributed by atoms with Gasteiger partial charge in [0.05, 0.1) is 6.07 Å². The van der Waals surface area contributed by atoms with Gasteiger partial charge in [-0.1, -0.05) is 24.3 Å². The molecule has 0 fully saturated rings. The lowest BCUT2D eigenvalue weighted by atomic mass is 10.1. The van der Waals surface area contributed by atoms with Gasteiger partial charge in [-0.3, -0.25) is 9.35 Å². The molecule has 0 bridgehead atoms. The molecule has 3 rings (SSSR count). The zero-order chi connectivity index (χ0) is 17.3. The number of fused-ring (bicyclic) bond motifs is 1. The third-order valence-corrected chi connectivity index (χ3v) is 4.18. The van der Waals surface area contributed by atoms with E-state index in [2.05, 4.69) is 11.4 Å². The predicted molar refractivity (Wildman–Crippen MR) is 88.7 cm³/mol. The van der Waals surface area contributed by atoms with Crippen molar-refractivity contribution in [2.75, 3.05) is 5.32 Å². The molecule has 7 heteroatoms. The summed E-state index contributed by atoms with van der Waals surface area (Å²) in [7, 11) is -4.47. The summed E-state index contributed by atoms with van der Waals surface area (Å²) in [6.07, 6.45) is 0. The van der Waals surface area contributed by atoms with E-state index >= 15 is 0 Å². The van der Waals surface area contributed by atoms with Crippen LogP contribution in [-0.4, -0.2) is 24.0 Å². The molecule has 1 radical (unpaired) electrons. The number of hydrogen-bond acceptors (Lipinski definition) is 4. The number of hydrogen-bond donors (Lipinski definition) is 3. The molecule has 3 N–H and O–H groups in total. The van der Waals surface area contributed by atoms with E-state index in [1.54, 1.807) is 36.4 Å². The van der Waals surface area contributed by atoms with Gasteiger partial charge in [0, 0.05) is 16.6 Å². The highest BCUT2D eigenvalue weighted by Crippen LogP contribution is 2.30. The highest BCUT2D eigenvalue weighted by Gasteiger charge is 2.14. The van der Waals surface area contributed by atoms with Gasteiger partial charge in [0.15, 0.2) is 0 Å². The van der Waals surface area contributed by atoms with Crippen molar-refractivity contribution < 1.29 is 22.9 Å². The molecule has 3 aromatic rings. The van der Waals surface area contributed by atoms with E-state index < -0.39 is 20.8 Å². The van der Waals surface area contributed by atoms with Crippen molar-refractivity contribution in [2.24, 2.45) is 0 Å². The molecule has 0 unspecified atom stereocenters. The minimum atomic E-state index is -4.47. The minimum Gasteiger partial charge on any atom is -0.507 e. The molecule has 0 aliphatic rings. The highest BCUT2D eigenvalue weighted by atomic mass is 32.2. The number of aromatic hydroxyl groups is 1. The third-order valence-electron chi connectivity index (χ3n) is 3.41. The van der Waals surface area contributed by atoms with Gasteiger partial charge in [-0.05, 0) is 35.7 Å². The van der Waals surface area contributed by atoms with Crippen LogP contribution in [0, 0.1) is 6.07 Å². The van der Waals surface area contributed by atoms with E-state index in [9.17, 15) is 18.3 Å². The molecular weight excluding hydrogens is 330 g/mol. The van der Waals surface area contributed by atoms with Crippen molar-refractivity contribution in [3.63, 3.8) is 0 Å². The van der Waals surface area contributed by atoms with Gasteiger partial charge in [0.2, 0.25) is 0 Å². The minimum absolute atomic E-state index is 0.299. The van der Waals surface area contributed by atoms with Crippen molar-refractivity contribution in [3.8, 4) is 5.75 Å². The Kier molecular flexibility index (Phi) is 3.96. The average Bonchev–Trinajstić information content (AvgIpc) is 2.55. The molecule has 0 aromatic heterocycles. The number of phenolic OH excluding ortho intramolecular Hbond substituents is 1. The molecule has 0 saturated heterocycles. The first-order chi connectivity index (χ1) is 11.3. The Bertz CT molecular complexity index is 1030. The van der Waals surface area contributed by atoms with Crippen molar-refractivity contribution in [1.82, 2.24) is 0 Å². The summed E-state index contributed by atoms with van der Waals surface area (Å²) in [5.74, 6) is -0.746. The maximum absolute atomic E-state index is 12.1. The van der Waals surface area contributed by atoms with Gasteiger partial charge in [-0.2, -0.15) is 8.42 Å². The lowest BCUT2D eigenvalue weighted by molar-refractivity contribution is 0.102. The van der Waals surface area contributed by atoms with Crippen LogP contribution in [0.3, 0.4) is 0 Å². The van der Waals surface area contributed by atoms with Crippen molar-refractivity contribution in [1.29, 1.82) is 0 Å². The summed E-state index contributed by atoms with van der Waals surface area (Å²) in [4.78, 5) is 11.6. The van der Waals surface area contributed by atoms with E-state index in [0.29, 0.717) is 22.0 Å². The zero-order valence-corrected chi connectivity index (χ0v) is 13.0. The van der Waals surface area contributed by atoms with E-state index in [1.165, 1.54) is 18.2 Å². The van der Waals surface area contributed by atoms with E-state index in [-0.39, 0.29) is 5.91 Å². The van der Waals surface area contributed by atoms with Crippen LogP contribution in [0.1, 0.15) is 10.4 Å². The Hall–Kier alpha value is -2.90. The fraction of sp³-hybridized carbons (Fsp3) is 0. The summed E-state index contributed by atoms with van der Waals surface area (Å²) >= 11 is 0. The first kappa shape index (κ1) is 16.0. The van der Waals surface area contributed by atoms with Crippen LogP contribution in [0.4, 0.5) is 5.69 Å². The number of carbonyl (C=O) groups is 1. The van der Waals surface area contributed by atoms with Crippen LogP contribution < -0.4 is 5.32 Å². The first-order valence-corrected chi connectivity index (χ1v) is 8.31. The molecule has 0 aliphatic heterocycles. The van der Waals surface area contributed by atoms with E-state index in [4.69, 9.17) is 4.55 Å². The second-order valence-electron chi connectivity index (χ2n) is 5.08. The van der Waals surface area contributed by atoms with Crippen LogP contribution in [-0.2, 0) is 10.1 Å². The molecule has 0 atom stereocenters. The summed E-state index contributed by atoms with van der Waals surface area (Å²) < 4.78 is 31.4. The largest absolute Gasteiger partial charge is 0.507 e. The number of nitrogens with one attached hydrogen (secondary N) is 1. The van der Waals surface area contributed by atoms with Gasteiger partial charge >= 0.3 is 0 Å². The number of phenols is 1. The summed E-state index contributed by atoms with van der Waals surface area (Å²) in [5.41, 5.74) is 0.912. The van der Waals surface area contributed by atoms with Crippen LogP contribution in [0.25, 0.3) is 10.8 Å². The van der Waals surface area contributed by atoms with Crippen LogP contribution in [0.15, 0.2) is 59.5 Å². The molecule has 121 valence electrons. The Morgan fingerprint density at radius 2 is 1.75 bits per heavy atom.